The molecule has 172 valence electrons. The highest BCUT2D eigenvalue weighted by molar-refractivity contribution is 7.99. The first-order valence-electron chi connectivity index (χ1n) is 10.9. The molecular formula is C23H27N7OS2. The maximum Gasteiger partial charge on any atom is 0.241 e. The summed E-state index contributed by atoms with van der Waals surface area (Å²) in [6.07, 6.45) is 5.52. The van der Waals surface area contributed by atoms with Crippen LogP contribution in [0.2, 0.25) is 0 Å². The molecule has 5 rings (SSSR count). The standard InChI is InChI=1S/C23H27N7OS2/c1-23(2,3)29-11-9-28(10-12-29)19(20(24)31)21-27-16-6-5-15(13-17(16)33-21)32-18-14-26-22-25-7-4-8-30(18)22/h4-8,13-14,19H,9-12H2,1-3H3,(H2,24,31). The minimum absolute atomic E-state index is 0.120. The van der Waals surface area contributed by atoms with Gasteiger partial charge in [-0.15, -0.1) is 11.3 Å². The van der Waals surface area contributed by atoms with Crippen LogP contribution in [0.1, 0.15) is 31.8 Å². The first kappa shape index (κ1) is 22.3. The van der Waals surface area contributed by atoms with Gasteiger partial charge in [0.1, 0.15) is 16.1 Å². The minimum Gasteiger partial charge on any atom is -0.368 e. The van der Waals surface area contributed by atoms with E-state index in [4.69, 9.17) is 10.7 Å². The number of primary amides is 1. The Hall–Kier alpha value is -2.53. The zero-order valence-corrected chi connectivity index (χ0v) is 20.6. The number of hydrogen-bond acceptors (Lipinski definition) is 8. The molecule has 0 aliphatic carbocycles. The van der Waals surface area contributed by atoms with Crippen LogP contribution in [-0.4, -0.2) is 66.8 Å². The summed E-state index contributed by atoms with van der Waals surface area (Å²) in [5.74, 6) is 0.336. The molecule has 1 amide bonds. The number of rotatable bonds is 5. The third-order valence-electron chi connectivity index (χ3n) is 5.98. The van der Waals surface area contributed by atoms with Gasteiger partial charge in [-0.25, -0.2) is 15.0 Å². The quantitative estimate of drug-likeness (QED) is 0.467. The lowest BCUT2D eigenvalue weighted by Crippen LogP contribution is -2.55. The van der Waals surface area contributed by atoms with E-state index in [0.29, 0.717) is 5.78 Å². The summed E-state index contributed by atoms with van der Waals surface area (Å²) < 4.78 is 3.01. The lowest BCUT2D eigenvalue weighted by atomic mass is 10.0. The maximum atomic E-state index is 12.5. The largest absolute Gasteiger partial charge is 0.368 e. The Balaban J connectivity index is 1.38. The number of hydrogen-bond donors (Lipinski definition) is 1. The van der Waals surface area contributed by atoms with Crippen molar-refractivity contribution < 1.29 is 4.79 Å². The molecule has 0 spiro atoms. The van der Waals surface area contributed by atoms with Gasteiger partial charge in [-0.3, -0.25) is 19.0 Å². The lowest BCUT2D eigenvalue weighted by Gasteiger charge is -2.43. The third-order valence-corrected chi connectivity index (χ3v) is 8.06. The van der Waals surface area contributed by atoms with Crippen LogP contribution in [0.25, 0.3) is 16.0 Å². The number of fused-ring (bicyclic) bond motifs is 2. The molecule has 1 unspecified atom stereocenters. The third kappa shape index (κ3) is 4.48. The summed E-state index contributed by atoms with van der Waals surface area (Å²) in [7, 11) is 0. The second-order valence-electron chi connectivity index (χ2n) is 9.17. The molecule has 33 heavy (non-hydrogen) atoms. The summed E-state index contributed by atoms with van der Waals surface area (Å²) in [6.45, 7) is 10.1. The number of benzene rings is 1. The van der Waals surface area contributed by atoms with Crippen LogP contribution in [0.4, 0.5) is 0 Å². The van der Waals surface area contributed by atoms with Gasteiger partial charge < -0.3 is 5.73 Å². The van der Waals surface area contributed by atoms with Crippen LogP contribution in [0, 0.1) is 0 Å². The van der Waals surface area contributed by atoms with Crippen molar-refractivity contribution in [1.29, 1.82) is 0 Å². The fraction of sp³-hybridized carbons (Fsp3) is 0.391. The fourth-order valence-corrected chi connectivity index (χ4v) is 6.34. The number of carbonyl (C=O) groups is 1. The molecule has 1 fully saturated rings. The Morgan fingerprint density at radius 1 is 1.18 bits per heavy atom. The summed E-state index contributed by atoms with van der Waals surface area (Å²) in [6, 6.07) is 7.57. The van der Waals surface area contributed by atoms with Crippen LogP contribution in [0.15, 0.2) is 52.8 Å². The summed E-state index contributed by atoms with van der Waals surface area (Å²) in [5.41, 5.74) is 6.88. The number of thiazole rings is 1. The minimum atomic E-state index is -0.495. The van der Waals surface area contributed by atoms with Crippen molar-refractivity contribution >= 4 is 45.0 Å². The van der Waals surface area contributed by atoms with E-state index < -0.39 is 6.04 Å². The van der Waals surface area contributed by atoms with Gasteiger partial charge in [0.05, 0.1) is 16.4 Å². The Bertz CT molecular complexity index is 1300. The zero-order chi connectivity index (χ0) is 23.2. The van der Waals surface area contributed by atoms with Crippen LogP contribution < -0.4 is 5.73 Å². The number of aromatic nitrogens is 4. The monoisotopic (exact) mass is 481 g/mol. The van der Waals surface area contributed by atoms with Gasteiger partial charge in [-0.05, 0) is 45.0 Å². The molecule has 1 atom stereocenters. The molecule has 0 saturated carbocycles. The van der Waals surface area contributed by atoms with Crippen molar-refractivity contribution in [2.75, 3.05) is 26.2 Å². The normalized spacial score (nSPS) is 17.1. The Labute approximate surface area is 200 Å². The van der Waals surface area contributed by atoms with Crippen molar-refractivity contribution in [3.8, 4) is 0 Å². The van der Waals surface area contributed by atoms with Gasteiger partial charge in [0.2, 0.25) is 11.7 Å². The van der Waals surface area contributed by atoms with Crippen molar-refractivity contribution in [3.63, 3.8) is 0 Å². The van der Waals surface area contributed by atoms with Gasteiger partial charge in [-0.1, -0.05) is 11.8 Å². The van der Waals surface area contributed by atoms with Gasteiger partial charge in [0, 0.05) is 49.0 Å². The van der Waals surface area contributed by atoms with Crippen molar-refractivity contribution in [2.24, 2.45) is 5.73 Å². The Morgan fingerprint density at radius 2 is 1.97 bits per heavy atom. The summed E-state index contributed by atoms with van der Waals surface area (Å²) in [5, 5.41) is 1.76. The number of imidazole rings is 1. The maximum absolute atomic E-state index is 12.5. The second-order valence-corrected chi connectivity index (χ2v) is 11.3. The average molecular weight is 482 g/mol. The van der Waals surface area contributed by atoms with Crippen molar-refractivity contribution in [2.45, 2.75) is 42.3 Å². The highest BCUT2D eigenvalue weighted by atomic mass is 32.2. The number of nitrogens with zero attached hydrogens (tertiary/aromatic N) is 6. The number of nitrogens with two attached hydrogens (primary N) is 1. The number of amides is 1. The van der Waals surface area contributed by atoms with Crippen LogP contribution in [0.5, 0.6) is 0 Å². The predicted octanol–water partition coefficient (Wildman–Crippen LogP) is 3.43. The lowest BCUT2D eigenvalue weighted by molar-refractivity contribution is -0.124. The molecule has 4 aromatic rings. The van der Waals surface area contributed by atoms with E-state index in [2.05, 4.69) is 46.6 Å². The van der Waals surface area contributed by atoms with E-state index in [1.807, 2.05) is 35.0 Å². The molecule has 0 radical (unpaired) electrons. The Morgan fingerprint density at radius 3 is 2.70 bits per heavy atom. The van der Waals surface area contributed by atoms with E-state index in [-0.39, 0.29) is 11.4 Å². The van der Waals surface area contributed by atoms with Gasteiger partial charge in [0.15, 0.2) is 0 Å². The smallest absolute Gasteiger partial charge is 0.241 e. The second kappa shape index (κ2) is 8.68. The van der Waals surface area contributed by atoms with Gasteiger partial charge >= 0.3 is 0 Å². The molecule has 3 aromatic heterocycles. The Kier molecular flexibility index (Phi) is 5.86. The van der Waals surface area contributed by atoms with Gasteiger partial charge in [0.25, 0.3) is 0 Å². The van der Waals surface area contributed by atoms with Crippen LogP contribution in [-0.2, 0) is 4.79 Å². The van der Waals surface area contributed by atoms with E-state index in [1.165, 1.54) is 0 Å². The van der Waals surface area contributed by atoms with Crippen LogP contribution >= 0.6 is 23.1 Å². The van der Waals surface area contributed by atoms with Crippen molar-refractivity contribution in [1.82, 2.24) is 29.2 Å². The molecule has 2 N–H and O–H groups in total. The molecule has 1 aliphatic heterocycles. The predicted molar refractivity (Wildman–Crippen MR) is 132 cm³/mol. The highest BCUT2D eigenvalue weighted by Crippen LogP contribution is 2.35. The fourth-order valence-electron chi connectivity index (χ4n) is 4.21. The van der Waals surface area contributed by atoms with Gasteiger partial charge in [-0.2, -0.15) is 0 Å². The molecule has 0 bridgehead atoms. The first-order valence-corrected chi connectivity index (χ1v) is 12.6. The van der Waals surface area contributed by atoms with E-state index in [0.717, 1.165) is 51.3 Å². The molecule has 4 heterocycles. The van der Waals surface area contributed by atoms with Crippen LogP contribution in [0.3, 0.4) is 0 Å². The summed E-state index contributed by atoms with van der Waals surface area (Å²) in [4.78, 5) is 31.6. The highest BCUT2D eigenvalue weighted by Gasteiger charge is 2.34. The number of carbonyl (C=O) groups excluding carboxylic acids is 1. The molecule has 8 nitrogen and oxygen atoms in total. The topological polar surface area (TPSA) is 92.6 Å². The van der Waals surface area contributed by atoms with E-state index in [9.17, 15) is 4.79 Å². The molecule has 10 heteroatoms. The zero-order valence-electron chi connectivity index (χ0n) is 18.9. The first-order chi connectivity index (χ1) is 15.8. The molecule has 1 saturated heterocycles. The molecule has 1 aliphatic rings. The molecule has 1 aromatic carbocycles. The van der Waals surface area contributed by atoms with E-state index >= 15 is 0 Å². The average Bonchev–Trinajstić information content (AvgIpc) is 3.37. The SMILES string of the molecule is CC(C)(C)N1CCN(C(C(N)=O)c2nc3ccc(Sc4cnc5ncccn45)cc3s2)CC1. The van der Waals surface area contributed by atoms with E-state index in [1.54, 1.807) is 29.3 Å². The van der Waals surface area contributed by atoms with Crippen molar-refractivity contribution in [3.05, 3.63) is 47.9 Å². The number of piperazine rings is 1. The summed E-state index contributed by atoms with van der Waals surface area (Å²) >= 11 is 3.17. The molecular weight excluding hydrogens is 454 g/mol.